The molecular weight excluding hydrogens is 665 g/mol. The maximum atomic E-state index is 12.9. The van der Waals surface area contributed by atoms with Gasteiger partial charge in [0.05, 0.1) is 0 Å². The molecule has 10 nitrogen and oxygen atoms in total. The first-order chi connectivity index (χ1) is 24.9. The fourth-order valence-corrected chi connectivity index (χ4v) is 7.25. The summed E-state index contributed by atoms with van der Waals surface area (Å²) in [5, 5.41) is 0. The van der Waals surface area contributed by atoms with Gasteiger partial charge in [-0.3, -0.25) is 24.1 Å². The second-order valence-electron chi connectivity index (χ2n) is 14.5. The lowest BCUT2D eigenvalue weighted by molar-refractivity contribution is -0.142. The van der Waals surface area contributed by atoms with Crippen molar-refractivity contribution in [2.24, 2.45) is 11.7 Å². The van der Waals surface area contributed by atoms with Gasteiger partial charge in [0, 0.05) is 38.4 Å². The Morgan fingerprint density at radius 3 is 2.23 bits per heavy atom. The van der Waals surface area contributed by atoms with Crippen LogP contribution >= 0.6 is 0 Å². The smallest absolute Gasteiger partial charge is 0.302 e. The van der Waals surface area contributed by atoms with Crippen LogP contribution in [0.15, 0.2) is 53.6 Å². The number of benzene rings is 2. The summed E-state index contributed by atoms with van der Waals surface area (Å²) in [6, 6.07) is 11.2. The number of Topliss-reactive ketones (excluding diaryl/α,β-unsaturated/α-hetero) is 2. The van der Waals surface area contributed by atoms with E-state index in [1.165, 1.54) is 37.5 Å². The number of hydrogen-bond donors (Lipinski definition) is 1. The van der Waals surface area contributed by atoms with Gasteiger partial charge >= 0.3 is 5.97 Å². The number of ether oxygens (including phenoxy) is 3. The molecule has 0 bridgehead atoms. The highest BCUT2D eigenvalue weighted by molar-refractivity contribution is 5.97. The maximum Gasteiger partial charge on any atom is 0.302 e. The molecule has 284 valence electrons. The Morgan fingerprint density at radius 2 is 1.62 bits per heavy atom. The van der Waals surface area contributed by atoms with Crippen LogP contribution in [-0.4, -0.2) is 78.3 Å². The second-order valence-corrected chi connectivity index (χ2v) is 14.5. The zero-order chi connectivity index (χ0) is 37.7. The predicted molar refractivity (Wildman–Crippen MR) is 197 cm³/mol. The molecule has 52 heavy (non-hydrogen) atoms. The Bertz CT molecular complexity index is 1560. The molecule has 2 aromatic carbocycles. The Hall–Kier alpha value is -4.09. The predicted octanol–water partition coefficient (Wildman–Crippen LogP) is 6.78. The summed E-state index contributed by atoms with van der Waals surface area (Å²) in [5.41, 5.74) is 9.09. The Balaban J connectivity index is 0.000000201. The summed E-state index contributed by atoms with van der Waals surface area (Å²) in [7, 11) is 0. The largest absolute Gasteiger partial charge is 0.461 e. The first kappa shape index (κ1) is 40.7. The highest BCUT2D eigenvalue weighted by Crippen LogP contribution is 2.33. The van der Waals surface area contributed by atoms with Gasteiger partial charge in [0.1, 0.15) is 18.0 Å². The molecule has 1 aliphatic carbocycles. The molecule has 2 saturated heterocycles. The number of primary amides is 1. The van der Waals surface area contributed by atoms with E-state index in [2.05, 4.69) is 16.7 Å². The Morgan fingerprint density at radius 1 is 0.942 bits per heavy atom. The molecule has 3 fully saturated rings. The van der Waals surface area contributed by atoms with Crippen LogP contribution in [0.1, 0.15) is 108 Å². The molecule has 3 aliphatic heterocycles. The minimum atomic E-state index is -0.485. The highest BCUT2D eigenvalue weighted by Gasteiger charge is 2.44. The monoisotopic (exact) mass is 721 g/mol. The third kappa shape index (κ3) is 11.7. The highest BCUT2D eigenvalue weighted by atomic mass is 19.1. The molecule has 2 aromatic rings. The number of halogens is 1. The van der Waals surface area contributed by atoms with Gasteiger partial charge in [0.15, 0.2) is 23.1 Å². The molecule has 0 aromatic heterocycles. The van der Waals surface area contributed by atoms with Gasteiger partial charge in [0.2, 0.25) is 12.7 Å². The fraction of sp³-hybridized carbons (Fsp3) is 0.561. The van der Waals surface area contributed by atoms with Gasteiger partial charge in [-0.1, -0.05) is 25.0 Å². The molecule has 1 saturated carbocycles. The topological polar surface area (TPSA) is 128 Å². The molecule has 1 atom stereocenters. The van der Waals surface area contributed by atoms with Gasteiger partial charge in [-0.15, -0.1) is 0 Å². The molecule has 11 heteroatoms. The van der Waals surface area contributed by atoms with Crippen molar-refractivity contribution in [2.75, 3.05) is 39.5 Å². The van der Waals surface area contributed by atoms with Gasteiger partial charge in [-0.25, -0.2) is 4.39 Å². The van der Waals surface area contributed by atoms with E-state index < -0.39 is 5.54 Å². The van der Waals surface area contributed by atoms with Crippen LogP contribution in [0.4, 0.5) is 4.39 Å². The number of nitrogens with two attached hydrogens (primary N) is 1. The third-order valence-electron chi connectivity index (χ3n) is 10.4. The first-order valence-corrected chi connectivity index (χ1v) is 18.7. The summed E-state index contributed by atoms with van der Waals surface area (Å²) in [6.07, 6.45) is 9.24. The van der Waals surface area contributed by atoms with E-state index in [1.807, 2.05) is 26.0 Å². The van der Waals surface area contributed by atoms with E-state index in [-0.39, 0.29) is 36.9 Å². The van der Waals surface area contributed by atoms with Crippen LogP contribution < -0.4 is 15.2 Å². The third-order valence-corrected chi connectivity index (χ3v) is 10.4. The quantitative estimate of drug-likeness (QED) is 0.169. The molecule has 1 amide bonds. The summed E-state index contributed by atoms with van der Waals surface area (Å²) < 4.78 is 28.1. The number of likely N-dealkylation sites (tertiary alicyclic amines) is 2. The number of carbonyl (C=O) groups is 4. The summed E-state index contributed by atoms with van der Waals surface area (Å²) in [6.45, 7) is 12.6. The van der Waals surface area contributed by atoms with E-state index in [0.29, 0.717) is 29.4 Å². The lowest BCUT2D eigenvalue weighted by Crippen LogP contribution is -2.63. The van der Waals surface area contributed by atoms with Crippen LogP contribution in [0.25, 0.3) is 0 Å². The van der Waals surface area contributed by atoms with Crippen LogP contribution in [0.2, 0.25) is 0 Å². The molecular formula is C41H56FN3O7. The van der Waals surface area contributed by atoms with E-state index >= 15 is 0 Å². The molecule has 0 radical (unpaired) electrons. The minimum Gasteiger partial charge on any atom is -0.461 e. The zero-order valence-corrected chi connectivity index (χ0v) is 31.3. The van der Waals surface area contributed by atoms with Crippen molar-refractivity contribution in [2.45, 2.75) is 104 Å². The van der Waals surface area contributed by atoms with Crippen molar-refractivity contribution in [3.63, 3.8) is 0 Å². The Labute approximate surface area is 307 Å². The minimum absolute atomic E-state index is 0.0480. The van der Waals surface area contributed by atoms with Crippen molar-refractivity contribution in [1.29, 1.82) is 0 Å². The summed E-state index contributed by atoms with van der Waals surface area (Å²) in [4.78, 5) is 51.0. The van der Waals surface area contributed by atoms with E-state index in [1.54, 1.807) is 18.2 Å². The molecule has 0 spiro atoms. The van der Waals surface area contributed by atoms with Gasteiger partial charge in [-0.2, -0.15) is 0 Å². The number of nitrogens with zero attached hydrogens (tertiary/aromatic N) is 2. The van der Waals surface area contributed by atoms with Gasteiger partial charge in [-0.05, 0) is 132 Å². The maximum absolute atomic E-state index is 12.9. The van der Waals surface area contributed by atoms with E-state index in [0.717, 1.165) is 94.6 Å². The van der Waals surface area contributed by atoms with Crippen molar-refractivity contribution < 1.29 is 37.8 Å². The van der Waals surface area contributed by atoms with Gasteiger partial charge in [0.25, 0.3) is 0 Å². The number of fused-ring (bicyclic) bond motifs is 1. The van der Waals surface area contributed by atoms with Crippen LogP contribution in [0.3, 0.4) is 0 Å². The number of piperidine rings is 2. The lowest BCUT2D eigenvalue weighted by atomic mass is 9.83. The normalized spacial score (nSPS) is 19.8. The number of rotatable bonds is 9. The van der Waals surface area contributed by atoms with Crippen LogP contribution in [0, 0.1) is 11.7 Å². The Kier molecular flexibility index (Phi) is 15.4. The fourth-order valence-electron chi connectivity index (χ4n) is 7.25. The van der Waals surface area contributed by atoms with Crippen molar-refractivity contribution in [3.8, 4) is 11.5 Å². The molecule has 0 unspecified atom stereocenters. The van der Waals surface area contributed by atoms with Crippen molar-refractivity contribution in [3.05, 3.63) is 70.6 Å². The van der Waals surface area contributed by atoms with Crippen molar-refractivity contribution in [1.82, 2.24) is 9.80 Å². The van der Waals surface area contributed by atoms with Crippen LogP contribution in [-0.2, 0) is 25.7 Å². The number of amides is 1. The average molecular weight is 722 g/mol. The number of allylic oxidation sites excluding steroid dienone is 2. The standard InChI is InChI=1S/C21H30FN3O2.C10H10O4.C10H16O/c22-18-8-6-17(7-9-18)19(26)5-4-12-24-15-10-21(11-16-24,20(23)27)25-13-2-1-3-14-25;1-7(11)12-5-8-2-3-9-10(4-8)14-6-13-9;1-7(2)9-5-4-8(3)6-10(9)11/h6-9H,1-5,10-16H2,(H2,23,27);2-4H,5-6H2,1H3;8H,4-6H2,1-3H3/t;;8-/m..1/s1. The number of carbonyl (C=O) groups excluding carboxylic acids is 4. The van der Waals surface area contributed by atoms with E-state index in [9.17, 15) is 23.6 Å². The zero-order valence-electron chi connectivity index (χ0n) is 31.3. The SMILES string of the molecule is CC(=O)OCc1ccc2c(c1)OCO2.CC(C)=C1CC[C@@H](C)CC1=O.NC(=O)C1(N2CCCCC2)CCN(CCCC(=O)c2ccc(F)cc2)CC1. The van der Waals surface area contributed by atoms with Crippen molar-refractivity contribution >= 4 is 23.4 Å². The molecule has 4 aliphatic rings. The number of ketones is 2. The lowest BCUT2D eigenvalue weighted by Gasteiger charge is -2.48. The molecule has 3 heterocycles. The van der Waals surface area contributed by atoms with Crippen LogP contribution in [0.5, 0.6) is 11.5 Å². The average Bonchev–Trinajstić information content (AvgIpc) is 3.60. The second kappa shape index (κ2) is 19.7. The first-order valence-electron chi connectivity index (χ1n) is 18.7. The molecule has 2 N–H and O–H groups in total. The van der Waals surface area contributed by atoms with E-state index in [4.69, 9.17) is 19.9 Å². The summed E-state index contributed by atoms with van der Waals surface area (Å²) >= 11 is 0. The number of esters is 1. The molecule has 6 rings (SSSR count). The number of hydrogen-bond acceptors (Lipinski definition) is 9. The van der Waals surface area contributed by atoms with Gasteiger partial charge < -0.3 is 24.8 Å². The summed E-state index contributed by atoms with van der Waals surface area (Å²) in [5.74, 6) is 1.66.